The lowest BCUT2D eigenvalue weighted by Crippen LogP contribution is -2.40. The first-order valence-corrected chi connectivity index (χ1v) is 13.7. The van der Waals surface area contributed by atoms with E-state index in [1.54, 1.807) is 16.2 Å². The van der Waals surface area contributed by atoms with Gasteiger partial charge in [-0.05, 0) is 56.2 Å². The second-order valence-corrected chi connectivity index (χ2v) is 11.0. The monoisotopic (exact) mass is 547 g/mol. The van der Waals surface area contributed by atoms with Gasteiger partial charge in [0.15, 0.2) is 5.69 Å². The first kappa shape index (κ1) is 25.8. The Balaban J connectivity index is 1.15. The standard InChI is InChI=1S/C26H28F3N5OS2/c1-16-13-22(26(27,28)29)32-34(16)14-23(35)33-11-9-18(10-12-33)25-31-21(15-37-25)24(36)30-20-8-4-6-17-5-2-3-7-19(17)20/h2-3,5,7,13,15,18,20H,4,6,8-12,14H2,1H3,(H,30,36)/t20-/m1/s1. The largest absolute Gasteiger partial charge is 0.435 e. The Hall–Kier alpha value is -2.79. The number of halogens is 3. The van der Waals surface area contributed by atoms with Gasteiger partial charge in [0.1, 0.15) is 17.2 Å². The van der Waals surface area contributed by atoms with Crippen LogP contribution in [0.2, 0.25) is 0 Å². The van der Waals surface area contributed by atoms with E-state index >= 15 is 0 Å². The van der Waals surface area contributed by atoms with Gasteiger partial charge in [-0.3, -0.25) is 9.48 Å². The summed E-state index contributed by atoms with van der Waals surface area (Å²) in [5, 5.41) is 10.1. The molecule has 1 aliphatic heterocycles. The van der Waals surface area contributed by atoms with Crippen LogP contribution in [-0.2, 0) is 23.9 Å². The molecular formula is C26H28F3N5OS2. The molecule has 1 aromatic carbocycles. The number of thiazole rings is 1. The summed E-state index contributed by atoms with van der Waals surface area (Å²) in [4.78, 5) is 19.9. The number of hydrogen-bond acceptors (Lipinski definition) is 5. The number of aryl methyl sites for hydroxylation is 2. The molecular weight excluding hydrogens is 519 g/mol. The number of carbonyl (C=O) groups excluding carboxylic acids is 1. The van der Waals surface area contributed by atoms with Crippen molar-refractivity contribution < 1.29 is 18.0 Å². The number of fused-ring (bicyclic) bond motifs is 1. The summed E-state index contributed by atoms with van der Waals surface area (Å²) in [6.07, 6.45) is 0.236. The molecule has 0 unspecified atom stereocenters. The highest BCUT2D eigenvalue weighted by atomic mass is 32.1. The van der Waals surface area contributed by atoms with Crippen molar-refractivity contribution in [2.45, 2.75) is 63.7 Å². The van der Waals surface area contributed by atoms with Crippen LogP contribution in [0.25, 0.3) is 0 Å². The molecule has 2 aliphatic rings. The first-order chi connectivity index (χ1) is 17.7. The predicted molar refractivity (Wildman–Crippen MR) is 140 cm³/mol. The van der Waals surface area contributed by atoms with E-state index in [1.807, 2.05) is 5.38 Å². The molecule has 1 atom stereocenters. The molecule has 1 fully saturated rings. The predicted octanol–water partition coefficient (Wildman–Crippen LogP) is 5.42. The maximum atomic E-state index is 12.9. The second kappa shape index (κ2) is 10.5. The van der Waals surface area contributed by atoms with E-state index in [1.165, 1.54) is 18.1 Å². The summed E-state index contributed by atoms with van der Waals surface area (Å²) >= 11 is 7.29. The van der Waals surface area contributed by atoms with Crippen molar-refractivity contribution in [2.24, 2.45) is 0 Å². The Labute approximate surface area is 222 Å². The first-order valence-electron chi connectivity index (χ1n) is 12.4. The average molecular weight is 548 g/mol. The summed E-state index contributed by atoms with van der Waals surface area (Å²) in [6, 6.07) is 9.65. The molecule has 1 amide bonds. The summed E-state index contributed by atoms with van der Waals surface area (Å²) < 4.78 is 39.9. The van der Waals surface area contributed by atoms with Gasteiger partial charge in [0, 0.05) is 30.1 Å². The molecule has 1 saturated heterocycles. The number of likely N-dealkylation sites (tertiary alicyclic amines) is 1. The molecule has 2 aromatic heterocycles. The Morgan fingerprint density at radius 2 is 1.97 bits per heavy atom. The quantitative estimate of drug-likeness (QED) is 0.433. The van der Waals surface area contributed by atoms with Crippen molar-refractivity contribution in [2.75, 3.05) is 13.1 Å². The molecule has 3 aromatic rings. The van der Waals surface area contributed by atoms with E-state index in [4.69, 9.17) is 17.2 Å². The zero-order valence-electron chi connectivity index (χ0n) is 20.4. The fraction of sp³-hybridized carbons (Fsp3) is 0.462. The summed E-state index contributed by atoms with van der Waals surface area (Å²) in [6.45, 7) is 2.39. The zero-order chi connectivity index (χ0) is 26.2. The maximum Gasteiger partial charge on any atom is 0.435 e. The molecule has 0 radical (unpaired) electrons. The van der Waals surface area contributed by atoms with Gasteiger partial charge in [-0.1, -0.05) is 36.5 Å². The molecule has 0 saturated carbocycles. The number of alkyl halides is 3. The molecule has 5 rings (SSSR count). The normalized spacial score (nSPS) is 18.5. The second-order valence-electron chi connectivity index (χ2n) is 9.67. The number of thiocarbonyl (C=S) groups is 1. The van der Waals surface area contributed by atoms with E-state index in [0.29, 0.717) is 23.8 Å². The van der Waals surface area contributed by atoms with Crippen LogP contribution in [0.15, 0.2) is 35.7 Å². The van der Waals surface area contributed by atoms with Crippen molar-refractivity contribution in [1.82, 2.24) is 25.0 Å². The van der Waals surface area contributed by atoms with Crippen molar-refractivity contribution in [3.05, 3.63) is 68.9 Å². The van der Waals surface area contributed by atoms with Gasteiger partial charge in [0.25, 0.3) is 0 Å². The Morgan fingerprint density at radius 3 is 2.70 bits per heavy atom. The van der Waals surface area contributed by atoms with E-state index in [-0.39, 0.29) is 24.4 Å². The average Bonchev–Trinajstić information content (AvgIpc) is 3.52. The van der Waals surface area contributed by atoms with E-state index in [9.17, 15) is 18.0 Å². The van der Waals surface area contributed by atoms with E-state index in [2.05, 4.69) is 34.7 Å². The van der Waals surface area contributed by atoms with Gasteiger partial charge in [-0.25, -0.2) is 4.98 Å². The van der Waals surface area contributed by atoms with Crippen molar-refractivity contribution in [1.29, 1.82) is 0 Å². The fourth-order valence-corrected chi connectivity index (χ4v) is 6.43. The molecule has 37 heavy (non-hydrogen) atoms. The third-order valence-corrected chi connectivity index (χ3v) is 8.52. The number of nitrogens with zero attached hydrogens (tertiary/aromatic N) is 4. The van der Waals surface area contributed by atoms with Crippen molar-refractivity contribution >= 4 is 34.5 Å². The number of benzene rings is 1. The number of amides is 1. The molecule has 0 spiro atoms. The minimum absolute atomic E-state index is 0.196. The van der Waals surface area contributed by atoms with Crippen LogP contribution in [-0.4, -0.2) is 43.6 Å². The lowest BCUT2D eigenvalue weighted by atomic mass is 9.88. The van der Waals surface area contributed by atoms with Gasteiger partial charge in [0.2, 0.25) is 5.91 Å². The molecule has 196 valence electrons. The van der Waals surface area contributed by atoms with Gasteiger partial charge >= 0.3 is 6.18 Å². The lowest BCUT2D eigenvalue weighted by Gasteiger charge is -2.31. The zero-order valence-corrected chi connectivity index (χ0v) is 22.1. The van der Waals surface area contributed by atoms with Gasteiger partial charge in [-0.15, -0.1) is 11.3 Å². The number of rotatable bonds is 5. The molecule has 3 heterocycles. The van der Waals surface area contributed by atoms with E-state index in [0.717, 1.165) is 53.6 Å². The van der Waals surface area contributed by atoms with Crippen LogP contribution in [0, 0.1) is 6.92 Å². The number of hydrogen-bond donors (Lipinski definition) is 1. The Bertz CT molecular complexity index is 1290. The van der Waals surface area contributed by atoms with Gasteiger partial charge < -0.3 is 10.2 Å². The molecule has 0 bridgehead atoms. The summed E-state index contributed by atoms with van der Waals surface area (Å²) in [5.74, 6) is 0.000575. The molecule has 11 heteroatoms. The highest BCUT2D eigenvalue weighted by molar-refractivity contribution is 7.80. The third kappa shape index (κ3) is 5.72. The number of carbonyl (C=O) groups is 1. The summed E-state index contributed by atoms with van der Waals surface area (Å²) in [7, 11) is 0. The van der Waals surface area contributed by atoms with Crippen LogP contribution in [0.3, 0.4) is 0 Å². The smallest absolute Gasteiger partial charge is 0.368 e. The Kier molecular flexibility index (Phi) is 7.35. The molecule has 1 N–H and O–H groups in total. The van der Waals surface area contributed by atoms with E-state index < -0.39 is 11.9 Å². The molecule has 6 nitrogen and oxygen atoms in total. The number of aromatic nitrogens is 3. The van der Waals surface area contributed by atoms with Crippen LogP contribution in [0.4, 0.5) is 13.2 Å². The van der Waals surface area contributed by atoms with Crippen molar-refractivity contribution in [3.8, 4) is 0 Å². The van der Waals surface area contributed by atoms with Crippen LogP contribution in [0.5, 0.6) is 0 Å². The maximum absolute atomic E-state index is 12.9. The van der Waals surface area contributed by atoms with Crippen molar-refractivity contribution in [3.63, 3.8) is 0 Å². The SMILES string of the molecule is Cc1cc(C(F)(F)F)nn1CC(=O)N1CCC(c2nc(C(=S)N[C@@H]3CCCc4ccccc43)cs2)CC1. The Morgan fingerprint density at radius 1 is 1.22 bits per heavy atom. The third-order valence-electron chi connectivity index (χ3n) is 7.18. The fourth-order valence-electron chi connectivity index (χ4n) is 5.13. The highest BCUT2D eigenvalue weighted by Gasteiger charge is 2.35. The number of nitrogens with one attached hydrogen (secondary N) is 1. The minimum atomic E-state index is -4.53. The van der Waals surface area contributed by atoms with Gasteiger partial charge in [0.05, 0.1) is 11.0 Å². The van der Waals surface area contributed by atoms with Crippen LogP contribution >= 0.6 is 23.6 Å². The highest BCUT2D eigenvalue weighted by Crippen LogP contribution is 2.33. The molecule has 1 aliphatic carbocycles. The minimum Gasteiger partial charge on any atom is -0.368 e. The van der Waals surface area contributed by atoms with Crippen LogP contribution in [0.1, 0.15) is 70.9 Å². The number of piperidine rings is 1. The summed E-state index contributed by atoms with van der Waals surface area (Å²) in [5.41, 5.74) is 2.80. The lowest BCUT2D eigenvalue weighted by molar-refractivity contribution is -0.142. The topological polar surface area (TPSA) is 63.1 Å². The van der Waals surface area contributed by atoms with Crippen LogP contribution < -0.4 is 5.32 Å². The van der Waals surface area contributed by atoms with Gasteiger partial charge in [-0.2, -0.15) is 18.3 Å².